The number of para-hydroxylation sites is 1. The summed E-state index contributed by atoms with van der Waals surface area (Å²) in [6.45, 7) is 0.208. The molecule has 1 amide bonds. The van der Waals surface area contributed by atoms with Gasteiger partial charge in [0.15, 0.2) is 6.61 Å². The zero-order chi connectivity index (χ0) is 18.4. The van der Waals surface area contributed by atoms with Gasteiger partial charge in [0.1, 0.15) is 5.75 Å². The summed E-state index contributed by atoms with van der Waals surface area (Å²) < 4.78 is 10.5. The second-order valence-electron chi connectivity index (χ2n) is 6.25. The van der Waals surface area contributed by atoms with Gasteiger partial charge in [0.05, 0.1) is 12.7 Å². The van der Waals surface area contributed by atoms with Gasteiger partial charge < -0.3 is 14.8 Å². The number of amides is 1. The number of benzene rings is 1. The zero-order valence-electron chi connectivity index (χ0n) is 14.9. The quantitative estimate of drug-likeness (QED) is 0.757. The molecule has 6 heteroatoms. The van der Waals surface area contributed by atoms with E-state index in [0.29, 0.717) is 18.5 Å². The maximum Gasteiger partial charge on any atom is 0.339 e. The van der Waals surface area contributed by atoms with Crippen LogP contribution in [0.25, 0.3) is 0 Å². The Labute approximate surface area is 157 Å². The lowest BCUT2D eigenvalue weighted by Gasteiger charge is -2.12. The molecule has 0 fully saturated rings. The molecule has 1 heterocycles. The molecule has 0 bridgehead atoms. The van der Waals surface area contributed by atoms with Crippen LogP contribution in [0.3, 0.4) is 0 Å². The molecule has 0 saturated carbocycles. The number of hydrogen-bond acceptors (Lipinski definition) is 5. The second kappa shape index (κ2) is 8.85. The van der Waals surface area contributed by atoms with Crippen molar-refractivity contribution >= 4 is 23.2 Å². The van der Waals surface area contributed by atoms with Crippen LogP contribution in [0.15, 0.2) is 29.6 Å². The molecule has 0 aliphatic heterocycles. The van der Waals surface area contributed by atoms with Crippen molar-refractivity contribution in [3.05, 3.63) is 51.2 Å². The van der Waals surface area contributed by atoms with E-state index >= 15 is 0 Å². The maximum absolute atomic E-state index is 12.2. The summed E-state index contributed by atoms with van der Waals surface area (Å²) in [6.07, 6.45) is 4.90. The smallest absolute Gasteiger partial charge is 0.339 e. The summed E-state index contributed by atoms with van der Waals surface area (Å²) in [7, 11) is 1.63. The molecule has 1 aromatic carbocycles. The summed E-state index contributed by atoms with van der Waals surface area (Å²) in [5.41, 5.74) is 2.77. The summed E-state index contributed by atoms with van der Waals surface area (Å²) >= 11 is 1.62. The summed E-state index contributed by atoms with van der Waals surface area (Å²) in [6, 6.07) is 7.69. The van der Waals surface area contributed by atoms with E-state index in [9.17, 15) is 9.59 Å². The van der Waals surface area contributed by atoms with Crippen molar-refractivity contribution in [3.8, 4) is 5.75 Å². The monoisotopic (exact) mass is 373 g/mol. The average molecular weight is 373 g/mol. The number of esters is 1. The van der Waals surface area contributed by atoms with Crippen molar-refractivity contribution in [2.75, 3.05) is 20.3 Å². The fraction of sp³-hybridized carbons (Fsp3) is 0.400. The Bertz CT molecular complexity index is 784. The Hall–Kier alpha value is -2.34. The normalized spacial score (nSPS) is 13.0. The molecule has 0 unspecified atom stereocenters. The first-order valence-corrected chi connectivity index (χ1v) is 9.72. The number of hydrogen-bond donors (Lipinski definition) is 1. The van der Waals surface area contributed by atoms with E-state index in [1.54, 1.807) is 18.4 Å². The van der Waals surface area contributed by atoms with Crippen LogP contribution in [0.5, 0.6) is 5.75 Å². The summed E-state index contributed by atoms with van der Waals surface area (Å²) in [5, 5.41) is 4.64. The molecule has 3 rings (SSSR count). The molecule has 1 aliphatic carbocycles. The van der Waals surface area contributed by atoms with E-state index in [2.05, 4.69) is 5.32 Å². The van der Waals surface area contributed by atoms with E-state index in [-0.39, 0.29) is 12.5 Å². The standard InChI is InChI=1S/C20H23NO4S/c1-24-17-8-4-2-6-14(17)10-11-21-19(22)12-25-20(23)16-13-26-18-9-5-3-7-15(16)18/h2,4,6,8,13H,3,5,7,9-12H2,1H3,(H,21,22). The maximum atomic E-state index is 12.2. The highest BCUT2D eigenvalue weighted by molar-refractivity contribution is 7.10. The van der Waals surface area contributed by atoms with E-state index in [0.717, 1.165) is 36.1 Å². The molecule has 0 atom stereocenters. The predicted molar refractivity (Wildman–Crippen MR) is 101 cm³/mol. The van der Waals surface area contributed by atoms with Crippen LogP contribution in [0.1, 0.15) is 39.2 Å². The Balaban J connectivity index is 1.44. The van der Waals surface area contributed by atoms with Gasteiger partial charge in [-0.3, -0.25) is 4.79 Å². The fourth-order valence-corrected chi connectivity index (χ4v) is 4.29. The van der Waals surface area contributed by atoms with Crippen molar-refractivity contribution < 1.29 is 19.1 Å². The third kappa shape index (κ3) is 4.43. The number of aryl methyl sites for hydroxylation is 1. The fourth-order valence-electron chi connectivity index (χ4n) is 3.17. The van der Waals surface area contributed by atoms with Crippen molar-refractivity contribution in [1.82, 2.24) is 5.32 Å². The topological polar surface area (TPSA) is 64.6 Å². The van der Waals surface area contributed by atoms with Gasteiger partial charge in [-0.05, 0) is 49.3 Å². The molecule has 0 saturated heterocycles. The number of carbonyl (C=O) groups excluding carboxylic acids is 2. The SMILES string of the molecule is COc1ccccc1CCNC(=O)COC(=O)c1csc2c1CCCC2. The number of fused-ring (bicyclic) bond motifs is 1. The van der Waals surface area contributed by atoms with Crippen LogP contribution in [0.4, 0.5) is 0 Å². The van der Waals surface area contributed by atoms with E-state index in [1.165, 1.54) is 11.3 Å². The van der Waals surface area contributed by atoms with Gasteiger partial charge in [0, 0.05) is 16.8 Å². The molecule has 2 aromatic rings. The van der Waals surface area contributed by atoms with Gasteiger partial charge in [-0.1, -0.05) is 18.2 Å². The first-order valence-electron chi connectivity index (χ1n) is 8.84. The number of thiophene rings is 1. The molecule has 138 valence electrons. The summed E-state index contributed by atoms with van der Waals surface area (Å²) in [4.78, 5) is 25.5. The van der Waals surface area contributed by atoms with E-state index in [4.69, 9.17) is 9.47 Å². The number of carbonyl (C=O) groups is 2. The van der Waals surface area contributed by atoms with Gasteiger partial charge in [0.25, 0.3) is 5.91 Å². The second-order valence-corrected chi connectivity index (χ2v) is 7.21. The zero-order valence-corrected chi connectivity index (χ0v) is 15.7. The number of nitrogens with one attached hydrogen (secondary N) is 1. The van der Waals surface area contributed by atoms with Crippen molar-refractivity contribution in [2.24, 2.45) is 0 Å². The number of ether oxygens (including phenoxy) is 2. The Morgan fingerprint density at radius 1 is 1.19 bits per heavy atom. The molecule has 5 nitrogen and oxygen atoms in total. The molecule has 1 aliphatic rings. The van der Waals surface area contributed by atoms with Gasteiger partial charge in [-0.15, -0.1) is 11.3 Å². The Kier molecular flexibility index (Phi) is 6.28. The van der Waals surface area contributed by atoms with Crippen LogP contribution in [-0.2, 0) is 28.8 Å². The van der Waals surface area contributed by atoms with Crippen LogP contribution in [-0.4, -0.2) is 32.1 Å². The van der Waals surface area contributed by atoms with Crippen LogP contribution >= 0.6 is 11.3 Å². The Morgan fingerprint density at radius 2 is 2.00 bits per heavy atom. The molecule has 0 radical (unpaired) electrons. The predicted octanol–water partition coefficient (Wildman–Crippen LogP) is 3.15. The lowest BCUT2D eigenvalue weighted by Crippen LogP contribution is -2.30. The Morgan fingerprint density at radius 3 is 2.85 bits per heavy atom. The van der Waals surface area contributed by atoms with Gasteiger partial charge in [-0.2, -0.15) is 0 Å². The molecule has 26 heavy (non-hydrogen) atoms. The molecule has 0 spiro atoms. The van der Waals surface area contributed by atoms with E-state index in [1.807, 2.05) is 29.6 Å². The minimum Gasteiger partial charge on any atom is -0.496 e. The minimum atomic E-state index is -0.399. The lowest BCUT2D eigenvalue weighted by atomic mass is 9.96. The molecular weight excluding hydrogens is 350 g/mol. The van der Waals surface area contributed by atoms with Gasteiger partial charge in [0.2, 0.25) is 0 Å². The molecule has 1 N–H and O–H groups in total. The summed E-state index contributed by atoms with van der Waals surface area (Å²) in [5.74, 6) is 0.108. The number of methoxy groups -OCH3 is 1. The first kappa shape index (κ1) is 18.5. The highest BCUT2D eigenvalue weighted by Gasteiger charge is 2.21. The van der Waals surface area contributed by atoms with Gasteiger partial charge in [-0.25, -0.2) is 4.79 Å². The lowest BCUT2D eigenvalue weighted by molar-refractivity contribution is -0.124. The van der Waals surface area contributed by atoms with Crippen molar-refractivity contribution in [1.29, 1.82) is 0 Å². The first-order chi connectivity index (χ1) is 12.7. The van der Waals surface area contributed by atoms with Crippen LogP contribution in [0, 0.1) is 0 Å². The van der Waals surface area contributed by atoms with Gasteiger partial charge >= 0.3 is 5.97 Å². The average Bonchev–Trinajstić information content (AvgIpc) is 3.11. The third-order valence-corrected chi connectivity index (χ3v) is 5.61. The van der Waals surface area contributed by atoms with Crippen LogP contribution < -0.4 is 10.1 Å². The van der Waals surface area contributed by atoms with Crippen molar-refractivity contribution in [3.63, 3.8) is 0 Å². The minimum absolute atomic E-state index is 0.255. The molecular formula is C20H23NO4S. The van der Waals surface area contributed by atoms with Crippen LogP contribution in [0.2, 0.25) is 0 Å². The highest BCUT2D eigenvalue weighted by atomic mass is 32.1. The third-order valence-electron chi connectivity index (χ3n) is 4.52. The van der Waals surface area contributed by atoms with E-state index < -0.39 is 5.97 Å². The number of rotatable bonds is 7. The highest BCUT2D eigenvalue weighted by Crippen LogP contribution is 2.30. The molecule has 1 aromatic heterocycles. The largest absolute Gasteiger partial charge is 0.496 e. The van der Waals surface area contributed by atoms with Crippen molar-refractivity contribution in [2.45, 2.75) is 32.1 Å².